The smallest absolute Gasteiger partial charge is 0.374 e. The molecule has 136 valence electrons. The molecule has 0 bridgehead atoms. The van der Waals surface area contributed by atoms with Crippen molar-refractivity contribution in [1.29, 1.82) is 0 Å². The molecule has 0 saturated carbocycles. The van der Waals surface area contributed by atoms with E-state index < -0.39 is 25.0 Å². The Hall–Kier alpha value is -0.803. The predicted molar refractivity (Wildman–Crippen MR) is 97.3 cm³/mol. The molecule has 1 aliphatic rings. The van der Waals surface area contributed by atoms with E-state index in [1.807, 2.05) is 30.3 Å². The van der Waals surface area contributed by atoms with Crippen molar-refractivity contribution >= 4 is 8.56 Å². The van der Waals surface area contributed by atoms with Crippen molar-refractivity contribution in [3.63, 3.8) is 0 Å². The number of hydrogen-bond donors (Lipinski definition) is 3. The van der Waals surface area contributed by atoms with Crippen molar-refractivity contribution < 1.29 is 13.6 Å². The molecule has 1 aromatic rings. The number of ether oxygens (including phenoxy) is 1. The van der Waals surface area contributed by atoms with E-state index in [1.165, 1.54) is 0 Å². The molecular formula is C17H31N3O3Si. The summed E-state index contributed by atoms with van der Waals surface area (Å²) >= 11 is 0. The highest BCUT2D eigenvalue weighted by molar-refractivity contribution is 6.71. The summed E-state index contributed by atoms with van der Waals surface area (Å²) in [5.74, 6) is 0. The van der Waals surface area contributed by atoms with Gasteiger partial charge in [-0.15, -0.1) is 0 Å². The zero-order valence-corrected chi connectivity index (χ0v) is 16.2. The molecule has 1 aliphatic heterocycles. The van der Waals surface area contributed by atoms with Crippen molar-refractivity contribution in [2.45, 2.75) is 48.7 Å². The van der Waals surface area contributed by atoms with Gasteiger partial charge in [0.05, 0.1) is 5.54 Å². The fourth-order valence-electron chi connectivity index (χ4n) is 4.36. The summed E-state index contributed by atoms with van der Waals surface area (Å²) in [4.78, 5) is 0. The highest BCUT2D eigenvalue weighted by Crippen LogP contribution is 2.52. The highest BCUT2D eigenvalue weighted by atomic mass is 28.4. The van der Waals surface area contributed by atoms with E-state index >= 15 is 0 Å². The third kappa shape index (κ3) is 2.39. The molecule has 0 amide bonds. The van der Waals surface area contributed by atoms with Crippen LogP contribution >= 0.6 is 0 Å². The Morgan fingerprint density at radius 3 is 2.08 bits per heavy atom. The van der Waals surface area contributed by atoms with E-state index in [1.54, 1.807) is 21.3 Å². The van der Waals surface area contributed by atoms with E-state index in [4.69, 9.17) is 30.8 Å². The maximum Gasteiger partial charge on any atom is 0.374 e. The van der Waals surface area contributed by atoms with Gasteiger partial charge in [-0.2, -0.15) is 0 Å². The van der Waals surface area contributed by atoms with Crippen molar-refractivity contribution in [1.82, 2.24) is 0 Å². The highest BCUT2D eigenvalue weighted by Gasteiger charge is 2.74. The van der Waals surface area contributed by atoms with Crippen molar-refractivity contribution in [2.75, 3.05) is 21.3 Å². The van der Waals surface area contributed by atoms with E-state index in [2.05, 4.69) is 6.92 Å². The molecule has 2 rings (SSSR count). The van der Waals surface area contributed by atoms with Gasteiger partial charge in [-0.05, 0) is 24.4 Å². The number of hydrogen-bond acceptors (Lipinski definition) is 6. The first-order chi connectivity index (χ1) is 11.3. The van der Waals surface area contributed by atoms with Gasteiger partial charge in [0, 0.05) is 21.3 Å². The van der Waals surface area contributed by atoms with Gasteiger partial charge in [-0.3, -0.25) is 0 Å². The first-order valence-electron chi connectivity index (χ1n) is 8.38. The Bertz CT molecular complexity index is 553. The normalized spacial score (nSPS) is 31.8. The molecule has 6 nitrogen and oxygen atoms in total. The molecule has 0 spiro atoms. The minimum absolute atomic E-state index is 0.576. The van der Waals surface area contributed by atoms with Crippen LogP contribution in [-0.2, 0) is 19.1 Å². The molecule has 0 aromatic heterocycles. The molecule has 7 heteroatoms. The summed E-state index contributed by atoms with van der Waals surface area (Å²) in [6, 6.07) is 10.4. The van der Waals surface area contributed by atoms with Crippen LogP contribution in [0.5, 0.6) is 0 Å². The minimum atomic E-state index is -2.84. The van der Waals surface area contributed by atoms with Gasteiger partial charge >= 0.3 is 8.56 Å². The first kappa shape index (κ1) is 19.5. The molecule has 24 heavy (non-hydrogen) atoms. The number of nitrogens with two attached hydrogens (primary N) is 3. The summed E-state index contributed by atoms with van der Waals surface area (Å²) < 4.78 is 17.9. The maximum absolute atomic E-state index is 6.85. The van der Waals surface area contributed by atoms with Crippen LogP contribution in [0.25, 0.3) is 0 Å². The average Bonchev–Trinajstić information content (AvgIpc) is 2.60. The van der Waals surface area contributed by atoms with Gasteiger partial charge in [0.1, 0.15) is 10.9 Å². The van der Waals surface area contributed by atoms with Crippen molar-refractivity contribution in [2.24, 2.45) is 17.2 Å². The summed E-state index contributed by atoms with van der Waals surface area (Å²) in [5, 5.41) is -0.957. The lowest BCUT2D eigenvalue weighted by molar-refractivity contribution is -0.0946. The number of benzene rings is 1. The van der Waals surface area contributed by atoms with E-state index in [9.17, 15) is 0 Å². The van der Waals surface area contributed by atoms with Crippen LogP contribution in [0.1, 0.15) is 31.7 Å². The van der Waals surface area contributed by atoms with E-state index in [0.717, 1.165) is 12.0 Å². The monoisotopic (exact) mass is 353 g/mol. The van der Waals surface area contributed by atoms with Gasteiger partial charge in [0.25, 0.3) is 0 Å². The molecular weight excluding hydrogens is 322 g/mol. The van der Waals surface area contributed by atoms with Crippen LogP contribution in [-0.4, -0.2) is 40.8 Å². The first-order valence-corrected chi connectivity index (χ1v) is 10.4. The summed E-state index contributed by atoms with van der Waals surface area (Å²) in [6.45, 7) is 2.07. The van der Waals surface area contributed by atoms with Gasteiger partial charge in [0.15, 0.2) is 0 Å². The van der Waals surface area contributed by atoms with Gasteiger partial charge in [-0.1, -0.05) is 43.7 Å². The van der Waals surface area contributed by atoms with Crippen LogP contribution < -0.4 is 17.2 Å². The predicted octanol–water partition coefficient (Wildman–Crippen LogP) is 1.32. The molecule has 0 aliphatic carbocycles. The van der Waals surface area contributed by atoms with Crippen LogP contribution in [0.3, 0.4) is 0 Å². The molecule has 6 N–H and O–H groups in total. The Morgan fingerprint density at radius 2 is 1.62 bits per heavy atom. The molecule has 2 atom stereocenters. The van der Waals surface area contributed by atoms with Crippen LogP contribution in [0.4, 0.5) is 0 Å². The lowest BCUT2D eigenvalue weighted by Crippen LogP contribution is -2.90. The van der Waals surface area contributed by atoms with Crippen LogP contribution in [0.2, 0.25) is 6.04 Å². The van der Waals surface area contributed by atoms with Crippen molar-refractivity contribution in [3.8, 4) is 0 Å². The number of methoxy groups -OCH3 is 1. The Kier molecular flexibility index (Phi) is 5.56. The minimum Gasteiger partial charge on any atom is -0.396 e. The number of rotatable bonds is 6. The average molecular weight is 354 g/mol. The van der Waals surface area contributed by atoms with Gasteiger partial charge < -0.3 is 30.8 Å². The Balaban J connectivity index is 2.68. The Morgan fingerprint density at radius 1 is 1.04 bits per heavy atom. The largest absolute Gasteiger partial charge is 0.396 e. The quantitative estimate of drug-likeness (QED) is 0.526. The van der Waals surface area contributed by atoms with E-state index in [0.29, 0.717) is 18.9 Å². The maximum atomic E-state index is 6.85. The van der Waals surface area contributed by atoms with Crippen LogP contribution in [0, 0.1) is 0 Å². The lowest BCUT2D eigenvalue weighted by Gasteiger charge is -2.62. The van der Waals surface area contributed by atoms with Crippen molar-refractivity contribution in [3.05, 3.63) is 35.9 Å². The molecule has 1 saturated heterocycles. The molecule has 1 aromatic carbocycles. The Labute approximate surface area is 145 Å². The van der Waals surface area contributed by atoms with Gasteiger partial charge in [-0.25, -0.2) is 0 Å². The topological polar surface area (TPSA) is 106 Å². The SMILES string of the molecule is CCCC1(OC)C(N)(N)C(N)(c2ccccc2)CC[Si]1(OC)OC. The molecule has 1 heterocycles. The zero-order valence-electron chi connectivity index (χ0n) is 15.2. The second-order valence-electron chi connectivity index (χ2n) is 6.65. The molecule has 2 unspecified atom stereocenters. The fourth-order valence-corrected chi connectivity index (χ4v) is 8.51. The molecule has 1 fully saturated rings. The second kappa shape index (κ2) is 6.84. The zero-order chi connectivity index (χ0) is 18.1. The van der Waals surface area contributed by atoms with Gasteiger partial charge in [0.2, 0.25) is 0 Å². The molecule has 0 radical (unpaired) electrons. The van der Waals surface area contributed by atoms with E-state index in [-0.39, 0.29) is 0 Å². The summed E-state index contributed by atoms with van der Waals surface area (Å²) in [6.07, 6.45) is 2.03. The third-order valence-electron chi connectivity index (χ3n) is 5.77. The fraction of sp³-hybridized carbons (Fsp3) is 0.647. The lowest BCUT2D eigenvalue weighted by atomic mass is 9.72. The standard InChI is InChI=1S/C17H31N3O3Si/c1-5-11-16(21-2)17(19,20)15(18,14-9-7-6-8-10-14)12-13-24(16,22-3)23-4/h6-10H,5,11-13,18-20H2,1-4H3. The third-order valence-corrected chi connectivity index (χ3v) is 10.1. The van der Waals surface area contributed by atoms with Crippen LogP contribution in [0.15, 0.2) is 30.3 Å². The summed E-state index contributed by atoms with van der Waals surface area (Å²) in [7, 11) is 2.09. The summed E-state index contributed by atoms with van der Waals surface area (Å²) in [5.41, 5.74) is 19.1. The second-order valence-corrected chi connectivity index (χ2v) is 10.3.